The molecule has 9 nitrogen and oxygen atoms in total. The Bertz CT molecular complexity index is 1400. The fraction of sp³-hybridized carbons (Fsp3) is 0.707. The summed E-state index contributed by atoms with van der Waals surface area (Å²) in [6, 6.07) is 6.58. The molecule has 5 N–H and O–H groups in total. The molecule has 9 heteroatoms. The van der Waals surface area contributed by atoms with E-state index in [0.29, 0.717) is 18.9 Å². The molecule has 282 valence electrons. The first-order valence-electron chi connectivity index (χ1n) is 18.7. The highest BCUT2D eigenvalue weighted by molar-refractivity contribution is 5.92. The van der Waals surface area contributed by atoms with E-state index >= 15 is 0 Å². The zero-order chi connectivity index (χ0) is 37.7. The molecule has 1 aliphatic carbocycles. The van der Waals surface area contributed by atoms with Crippen molar-refractivity contribution in [1.29, 1.82) is 0 Å². The molecule has 0 radical (unpaired) electrons. The molecular formula is C41H67N3O6. The van der Waals surface area contributed by atoms with Crippen LogP contribution < -0.4 is 10.6 Å². The maximum atomic E-state index is 13.6. The van der Waals surface area contributed by atoms with Gasteiger partial charge >= 0.3 is 0 Å². The van der Waals surface area contributed by atoms with E-state index < -0.39 is 35.4 Å². The van der Waals surface area contributed by atoms with Crippen molar-refractivity contribution in [2.45, 2.75) is 125 Å². The summed E-state index contributed by atoms with van der Waals surface area (Å²) in [7, 11) is 3.90. The molecule has 8 unspecified atom stereocenters. The summed E-state index contributed by atoms with van der Waals surface area (Å²) < 4.78 is 6.18. The van der Waals surface area contributed by atoms with Crippen LogP contribution in [0.25, 0.3) is 0 Å². The van der Waals surface area contributed by atoms with Crippen molar-refractivity contribution in [3.63, 3.8) is 0 Å². The third-order valence-corrected chi connectivity index (χ3v) is 11.7. The van der Waals surface area contributed by atoms with Crippen LogP contribution in [0.3, 0.4) is 0 Å². The maximum Gasteiger partial charge on any atom is 0.245 e. The Morgan fingerprint density at radius 2 is 1.72 bits per heavy atom. The van der Waals surface area contributed by atoms with Crippen LogP contribution in [0.2, 0.25) is 0 Å². The SMILES string of the molecule is CCC(C)C1=C(Cc2ccc(CC(C)C(C)(C)C(=O)NC(C)(C)C(=O)NCCN(C)C)cc2C)C=C(C2OC(CO)CC(O)C2O)C(C)C1C. The highest BCUT2D eigenvalue weighted by Crippen LogP contribution is 2.44. The highest BCUT2D eigenvalue weighted by atomic mass is 16.5. The van der Waals surface area contributed by atoms with Crippen LogP contribution in [0.15, 0.2) is 41.0 Å². The second-order valence-corrected chi connectivity index (χ2v) is 16.6. The van der Waals surface area contributed by atoms with Crippen molar-refractivity contribution in [2.75, 3.05) is 33.8 Å². The number of allylic oxidation sites excluding steroid dienone is 3. The smallest absolute Gasteiger partial charge is 0.245 e. The van der Waals surface area contributed by atoms with Crippen molar-refractivity contribution in [1.82, 2.24) is 15.5 Å². The number of hydrogen-bond donors (Lipinski definition) is 5. The number of carbonyl (C=O) groups is 2. The van der Waals surface area contributed by atoms with Crippen LogP contribution in [-0.4, -0.2) is 95.8 Å². The molecule has 1 saturated heterocycles. The molecule has 1 aromatic carbocycles. The van der Waals surface area contributed by atoms with Gasteiger partial charge in [0.25, 0.3) is 0 Å². The number of nitrogens with zero attached hydrogens (tertiary/aromatic N) is 1. The summed E-state index contributed by atoms with van der Waals surface area (Å²) in [6.07, 6.45) is 1.70. The van der Waals surface area contributed by atoms with Gasteiger partial charge in [-0.15, -0.1) is 0 Å². The van der Waals surface area contributed by atoms with Crippen LogP contribution in [0.1, 0.15) is 91.8 Å². The largest absolute Gasteiger partial charge is 0.394 e. The van der Waals surface area contributed by atoms with Gasteiger partial charge in [-0.3, -0.25) is 9.59 Å². The summed E-state index contributed by atoms with van der Waals surface area (Å²) in [6.45, 7) is 21.6. The van der Waals surface area contributed by atoms with Crippen molar-refractivity contribution in [3.8, 4) is 0 Å². The van der Waals surface area contributed by atoms with E-state index in [2.05, 4.69) is 76.5 Å². The van der Waals surface area contributed by atoms with Gasteiger partial charge in [-0.05, 0) is 106 Å². The van der Waals surface area contributed by atoms with E-state index in [1.807, 2.05) is 32.8 Å². The van der Waals surface area contributed by atoms with Crippen molar-refractivity contribution in [3.05, 3.63) is 57.7 Å². The lowest BCUT2D eigenvalue weighted by atomic mass is 9.68. The van der Waals surface area contributed by atoms with Gasteiger partial charge in [-0.2, -0.15) is 0 Å². The zero-order valence-electron chi connectivity index (χ0n) is 32.9. The molecule has 1 aliphatic heterocycles. The van der Waals surface area contributed by atoms with Crippen LogP contribution in [-0.2, 0) is 27.2 Å². The van der Waals surface area contributed by atoms with Crippen LogP contribution in [0.5, 0.6) is 0 Å². The van der Waals surface area contributed by atoms with E-state index in [1.54, 1.807) is 13.8 Å². The molecule has 0 spiro atoms. The third-order valence-electron chi connectivity index (χ3n) is 11.7. The van der Waals surface area contributed by atoms with Gasteiger partial charge in [0.05, 0.1) is 18.8 Å². The van der Waals surface area contributed by atoms with Gasteiger partial charge in [0.15, 0.2) is 0 Å². The Hall–Kier alpha value is -2.56. The Balaban J connectivity index is 1.82. The lowest BCUT2D eigenvalue weighted by molar-refractivity contribution is -0.166. The van der Waals surface area contributed by atoms with E-state index in [1.165, 1.54) is 22.3 Å². The molecule has 50 heavy (non-hydrogen) atoms. The molecule has 1 heterocycles. The summed E-state index contributed by atoms with van der Waals surface area (Å²) in [5, 5.41) is 37.4. The Kier molecular flexibility index (Phi) is 14.5. The lowest BCUT2D eigenvalue weighted by Crippen LogP contribution is -2.58. The lowest BCUT2D eigenvalue weighted by Gasteiger charge is -2.43. The third kappa shape index (κ3) is 9.85. The minimum absolute atomic E-state index is 0.00579. The van der Waals surface area contributed by atoms with Crippen LogP contribution in [0.4, 0.5) is 0 Å². The van der Waals surface area contributed by atoms with Gasteiger partial charge in [-0.25, -0.2) is 0 Å². The molecular weight excluding hydrogens is 630 g/mol. The van der Waals surface area contributed by atoms with E-state index in [0.717, 1.165) is 30.5 Å². The van der Waals surface area contributed by atoms with Crippen LogP contribution >= 0.6 is 0 Å². The molecule has 1 fully saturated rings. The fourth-order valence-corrected chi connectivity index (χ4v) is 7.33. The second-order valence-electron chi connectivity index (χ2n) is 16.6. The minimum Gasteiger partial charge on any atom is -0.394 e. The zero-order valence-corrected chi connectivity index (χ0v) is 32.9. The Morgan fingerprint density at radius 3 is 2.30 bits per heavy atom. The summed E-state index contributed by atoms with van der Waals surface area (Å²) in [5.74, 6) is 0.379. The number of aliphatic hydroxyl groups excluding tert-OH is 3. The molecule has 2 aliphatic rings. The van der Waals surface area contributed by atoms with E-state index in [-0.39, 0.29) is 42.6 Å². The monoisotopic (exact) mass is 698 g/mol. The maximum absolute atomic E-state index is 13.6. The Labute approximate surface area is 301 Å². The average molecular weight is 698 g/mol. The van der Waals surface area contributed by atoms with Gasteiger partial charge in [-0.1, -0.05) is 78.3 Å². The van der Waals surface area contributed by atoms with E-state index in [9.17, 15) is 24.9 Å². The molecule has 0 bridgehead atoms. The van der Waals surface area contributed by atoms with Gasteiger partial charge in [0.1, 0.15) is 17.7 Å². The standard InChI is InChI=1S/C41H67N3O6/c1-13-24(2)35-28(6)27(5)33(37-36(47)34(46)22-32(23-45)50-37)21-31(35)20-30-15-14-29(18-25(30)3)19-26(4)40(7,8)38(48)43-41(9,10)39(49)42-16-17-44(11)12/h14-15,18,21,24,26-28,32,34,36-37,45-47H,13,16-17,19-20,22-23H2,1-12H3,(H,42,49)(H,43,48). The average Bonchev–Trinajstić information content (AvgIpc) is 3.04. The summed E-state index contributed by atoms with van der Waals surface area (Å²) in [4.78, 5) is 28.4. The topological polar surface area (TPSA) is 131 Å². The molecule has 0 aromatic heterocycles. The number of carbonyl (C=O) groups excluding carboxylic acids is 2. The predicted molar refractivity (Wildman–Crippen MR) is 201 cm³/mol. The summed E-state index contributed by atoms with van der Waals surface area (Å²) >= 11 is 0. The number of aliphatic hydroxyl groups is 3. The highest BCUT2D eigenvalue weighted by Gasteiger charge is 2.43. The first kappa shape index (κ1) is 41.9. The second kappa shape index (κ2) is 17.3. The molecule has 8 atom stereocenters. The van der Waals surface area contributed by atoms with Gasteiger partial charge in [0.2, 0.25) is 11.8 Å². The van der Waals surface area contributed by atoms with Crippen molar-refractivity contribution < 1.29 is 29.6 Å². The number of amides is 2. The first-order valence-corrected chi connectivity index (χ1v) is 18.7. The minimum atomic E-state index is -1.05. The number of aryl methyl sites for hydroxylation is 1. The number of ether oxygens (including phenoxy) is 1. The predicted octanol–water partition coefficient (Wildman–Crippen LogP) is 4.74. The number of likely N-dealkylation sites (N-methyl/N-ethyl adjacent to an activating group) is 1. The number of hydrogen-bond acceptors (Lipinski definition) is 7. The molecule has 1 aromatic rings. The van der Waals surface area contributed by atoms with Crippen LogP contribution in [0, 0.1) is 36.0 Å². The summed E-state index contributed by atoms with van der Waals surface area (Å²) in [5.41, 5.74) is 5.42. The number of benzene rings is 1. The number of rotatable bonds is 15. The quantitative estimate of drug-likeness (QED) is 0.179. The van der Waals surface area contributed by atoms with Gasteiger partial charge in [0, 0.05) is 24.9 Å². The number of nitrogens with one attached hydrogen (secondary N) is 2. The van der Waals surface area contributed by atoms with Gasteiger partial charge < -0.3 is 35.6 Å². The van der Waals surface area contributed by atoms with Crippen molar-refractivity contribution in [2.24, 2.45) is 29.1 Å². The van der Waals surface area contributed by atoms with Crippen molar-refractivity contribution >= 4 is 11.8 Å². The molecule has 0 saturated carbocycles. The normalized spacial score (nSPS) is 26.0. The Morgan fingerprint density at radius 1 is 1.06 bits per heavy atom. The molecule has 3 rings (SSSR count). The fourth-order valence-electron chi connectivity index (χ4n) is 7.33. The molecule has 2 amide bonds. The first-order chi connectivity index (χ1) is 23.2. The van der Waals surface area contributed by atoms with E-state index in [4.69, 9.17) is 4.74 Å².